The van der Waals surface area contributed by atoms with E-state index in [-0.39, 0.29) is 11.9 Å². The van der Waals surface area contributed by atoms with Crippen LogP contribution in [0.3, 0.4) is 0 Å². The second kappa shape index (κ2) is 7.06. The van der Waals surface area contributed by atoms with Crippen LogP contribution >= 0.6 is 0 Å². The maximum Gasteiger partial charge on any atom is 0.310 e. The minimum atomic E-state index is -0.0806. The van der Waals surface area contributed by atoms with Crippen molar-refractivity contribution in [3.8, 4) is 6.07 Å². The van der Waals surface area contributed by atoms with Gasteiger partial charge in [-0.2, -0.15) is 5.26 Å². The van der Waals surface area contributed by atoms with Gasteiger partial charge in [-0.1, -0.05) is 12.1 Å². The average Bonchev–Trinajstić information content (AvgIpc) is 2.48. The summed E-state index contributed by atoms with van der Waals surface area (Å²) in [5, 5.41) is 8.92. The third kappa shape index (κ3) is 3.82. The van der Waals surface area contributed by atoms with Gasteiger partial charge in [0.25, 0.3) is 0 Å². The Kier molecular flexibility index (Phi) is 5.14. The van der Waals surface area contributed by atoms with Gasteiger partial charge < -0.3 is 4.74 Å². The first-order valence-corrected chi connectivity index (χ1v) is 7.11. The zero-order valence-electron chi connectivity index (χ0n) is 11.8. The van der Waals surface area contributed by atoms with E-state index >= 15 is 0 Å². The molecule has 0 N–H and O–H groups in total. The lowest BCUT2D eigenvalue weighted by atomic mass is 9.97. The molecule has 0 unspecified atom stereocenters. The van der Waals surface area contributed by atoms with Crippen molar-refractivity contribution in [1.82, 2.24) is 4.90 Å². The zero-order valence-corrected chi connectivity index (χ0v) is 11.8. The van der Waals surface area contributed by atoms with Crippen molar-refractivity contribution in [3.63, 3.8) is 0 Å². The molecule has 0 spiro atoms. The number of carbonyl (C=O) groups excluding carboxylic acids is 1. The van der Waals surface area contributed by atoms with Gasteiger partial charge in [0.05, 0.1) is 24.2 Å². The van der Waals surface area contributed by atoms with Crippen molar-refractivity contribution < 1.29 is 9.53 Å². The number of ether oxygens (including phenoxy) is 1. The van der Waals surface area contributed by atoms with E-state index in [1.54, 1.807) is 6.07 Å². The Labute approximate surface area is 120 Å². The molecular weight excluding hydrogens is 252 g/mol. The number of piperidine rings is 1. The molecule has 0 aromatic heterocycles. The van der Waals surface area contributed by atoms with E-state index in [0.717, 1.165) is 38.0 Å². The van der Waals surface area contributed by atoms with E-state index in [1.807, 2.05) is 25.1 Å². The number of rotatable bonds is 4. The van der Waals surface area contributed by atoms with E-state index in [2.05, 4.69) is 11.0 Å². The molecule has 0 radical (unpaired) electrons. The van der Waals surface area contributed by atoms with Crippen LogP contribution in [0, 0.1) is 17.2 Å². The fourth-order valence-electron chi connectivity index (χ4n) is 2.65. The van der Waals surface area contributed by atoms with Crippen molar-refractivity contribution in [1.29, 1.82) is 5.26 Å². The predicted molar refractivity (Wildman–Crippen MR) is 75.8 cm³/mol. The first-order valence-electron chi connectivity index (χ1n) is 7.11. The maximum absolute atomic E-state index is 11.8. The highest BCUT2D eigenvalue weighted by Gasteiger charge is 2.26. The zero-order chi connectivity index (χ0) is 14.4. The van der Waals surface area contributed by atoms with Crippen LogP contribution in [0.1, 0.15) is 30.9 Å². The Bertz CT molecular complexity index is 507. The van der Waals surface area contributed by atoms with Gasteiger partial charge in [-0.3, -0.25) is 9.69 Å². The number of likely N-dealkylation sites (tertiary alicyclic amines) is 1. The Morgan fingerprint density at radius 2 is 2.40 bits per heavy atom. The summed E-state index contributed by atoms with van der Waals surface area (Å²) in [5.74, 6) is -0.0918. The normalized spacial score (nSPS) is 19.3. The highest BCUT2D eigenvalue weighted by atomic mass is 16.5. The van der Waals surface area contributed by atoms with Crippen LogP contribution in [0.5, 0.6) is 0 Å². The predicted octanol–water partition coefficient (Wildman–Crippen LogP) is 2.33. The molecule has 2 rings (SSSR count). The van der Waals surface area contributed by atoms with Crippen LogP contribution < -0.4 is 0 Å². The Morgan fingerprint density at radius 1 is 1.55 bits per heavy atom. The van der Waals surface area contributed by atoms with Crippen LogP contribution in [0.2, 0.25) is 0 Å². The van der Waals surface area contributed by atoms with Gasteiger partial charge in [-0.15, -0.1) is 0 Å². The first-order chi connectivity index (χ1) is 9.72. The fraction of sp³-hybridized carbons (Fsp3) is 0.500. The van der Waals surface area contributed by atoms with Crippen molar-refractivity contribution in [2.45, 2.75) is 26.3 Å². The standard InChI is InChI=1S/C16H20N2O2/c1-2-20-16(19)15-7-4-8-18(12-15)11-14-6-3-5-13(9-14)10-17/h3,5-6,9,15H,2,4,7-8,11-12H2,1H3/t15-/m0/s1. The summed E-state index contributed by atoms with van der Waals surface area (Å²) >= 11 is 0. The molecule has 1 heterocycles. The second-order valence-electron chi connectivity index (χ2n) is 5.14. The lowest BCUT2D eigenvalue weighted by Gasteiger charge is -2.31. The molecule has 1 saturated heterocycles. The summed E-state index contributed by atoms with van der Waals surface area (Å²) in [7, 11) is 0. The van der Waals surface area contributed by atoms with E-state index in [1.165, 1.54) is 0 Å². The van der Waals surface area contributed by atoms with Gasteiger partial charge in [-0.25, -0.2) is 0 Å². The van der Waals surface area contributed by atoms with Crippen LogP contribution in [-0.4, -0.2) is 30.6 Å². The van der Waals surface area contributed by atoms with Gasteiger partial charge in [0.1, 0.15) is 0 Å². The summed E-state index contributed by atoms with van der Waals surface area (Å²) in [5.41, 5.74) is 1.80. The summed E-state index contributed by atoms with van der Waals surface area (Å²) < 4.78 is 5.11. The molecule has 0 aliphatic carbocycles. The van der Waals surface area contributed by atoms with Crippen molar-refractivity contribution in [3.05, 3.63) is 35.4 Å². The van der Waals surface area contributed by atoms with Crippen molar-refractivity contribution >= 4 is 5.97 Å². The van der Waals surface area contributed by atoms with E-state index < -0.39 is 0 Å². The molecule has 1 aliphatic rings. The maximum atomic E-state index is 11.8. The van der Waals surface area contributed by atoms with Crippen molar-refractivity contribution in [2.75, 3.05) is 19.7 Å². The topological polar surface area (TPSA) is 53.3 Å². The van der Waals surface area contributed by atoms with E-state index in [9.17, 15) is 4.79 Å². The average molecular weight is 272 g/mol. The van der Waals surface area contributed by atoms with Crippen LogP contribution in [0.4, 0.5) is 0 Å². The molecule has 4 nitrogen and oxygen atoms in total. The number of nitrogens with zero attached hydrogens (tertiary/aromatic N) is 2. The Hall–Kier alpha value is -1.86. The first kappa shape index (κ1) is 14.5. The quantitative estimate of drug-likeness (QED) is 0.789. The third-order valence-corrected chi connectivity index (χ3v) is 3.59. The molecule has 1 atom stereocenters. The van der Waals surface area contributed by atoms with Gasteiger partial charge >= 0.3 is 5.97 Å². The Morgan fingerprint density at radius 3 is 3.15 bits per heavy atom. The highest BCUT2D eigenvalue weighted by molar-refractivity contribution is 5.72. The van der Waals surface area contributed by atoms with E-state index in [0.29, 0.717) is 12.2 Å². The monoisotopic (exact) mass is 272 g/mol. The van der Waals surface area contributed by atoms with Crippen LogP contribution in [0.15, 0.2) is 24.3 Å². The molecule has 0 bridgehead atoms. The van der Waals surface area contributed by atoms with Gasteiger partial charge in [0.2, 0.25) is 0 Å². The van der Waals surface area contributed by atoms with Crippen molar-refractivity contribution in [2.24, 2.45) is 5.92 Å². The molecule has 20 heavy (non-hydrogen) atoms. The molecule has 4 heteroatoms. The number of carbonyl (C=O) groups is 1. The molecule has 1 aromatic rings. The number of hydrogen-bond donors (Lipinski definition) is 0. The number of nitriles is 1. The molecular formula is C16H20N2O2. The number of hydrogen-bond acceptors (Lipinski definition) is 4. The lowest BCUT2D eigenvalue weighted by Crippen LogP contribution is -2.38. The minimum Gasteiger partial charge on any atom is -0.466 e. The summed E-state index contributed by atoms with van der Waals surface area (Å²) in [6.45, 7) is 4.80. The minimum absolute atomic E-state index is 0.0113. The number of benzene rings is 1. The lowest BCUT2D eigenvalue weighted by molar-refractivity contribution is -0.150. The molecule has 1 aliphatic heterocycles. The highest BCUT2D eigenvalue weighted by Crippen LogP contribution is 2.20. The van der Waals surface area contributed by atoms with Gasteiger partial charge in [-0.05, 0) is 44.0 Å². The summed E-state index contributed by atoms with van der Waals surface area (Å²) in [6, 6.07) is 9.80. The van der Waals surface area contributed by atoms with E-state index in [4.69, 9.17) is 10.00 Å². The largest absolute Gasteiger partial charge is 0.466 e. The number of esters is 1. The molecule has 0 saturated carbocycles. The van der Waals surface area contributed by atoms with Gasteiger partial charge in [0, 0.05) is 13.1 Å². The molecule has 0 amide bonds. The van der Waals surface area contributed by atoms with Gasteiger partial charge in [0.15, 0.2) is 0 Å². The summed E-state index contributed by atoms with van der Waals surface area (Å²) in [6.07, 6.45) is 1.93. The third-order valence-electron chi connectivity index (χ3n) is 3.59. The smallest absolute Gasteiger partial charge is 0.310 e. The summed E-state index contributed by atoms with van der Waals surface area (Å²) in [4.78, 5) is 14.1. The molecule has 1 fully saturated rings. The fourth-order valence-corrected chi connectivity index (χ4v) is 2.65. The van der Waals surface area contributed by atoms with Crippen LogP contribution in [0.25, 0.3) is 0 Å². The SMILES string of the molecule is CCOC(=O)[C@H]1CCCN(Cc2cccc(C#N)c2)C1. The molecule has 106 valence electrons. The van der Waals surface area contributed by atoms with Crippen LogP contribution in [-0.2, 0) is 16.1 Å². The molecule has 1 aromatic carbocycles. The Balaban J connectivity index is 1.95. The second-order valence-corrected chi connectivity index (χ2v) is 5.14.